The van der Waals surface area contributed by atoms with Gasteiger partial charge in [-0.15, -0.1) is 0 Å². The van der Waals surface area contributed by atoms with Gasteiger partial charge in [-0.1, -0.05) is 12.1 Å². The first kappa shape index (κ1) is 12.2. The molecule has 0 saturated carbocycles. The number of hydrogen-bond donors (Lipinski definition) is 1. The summed E-state index contributed by atoms with van der Waals surface area (Å²) in [6.45, 7) is 0.636. The zero-order chi connectivity index (χ0) is 11.8. The maximum atomic E-state index is 12.8. The Morgan fingerprint density at radius 3 is 3.06 bits per heavy atom. The number of rotatable bonds is 5. The first-order valence-electron chi connectivity index (χ1n) is 4.94. The van der Waals surface area contributed by atoms with E-state index in [2.05, 4.69) is 10.1 Å². The maximum Gasteiger partial charge on any atom is 0.331 e. The Balaban J connectivity index is 2.26. The molecule has 0 fully saturated rings. The summed E-state index contributed by atoms with van der Waals surface area (Å²) in [5.41, 5.74) is 0.916. The first-order chi connectivity index (χ1) is 7.72. The number of carbonyl (C=O) groups excluding carboxylic acids is 1. The fourth-order valence-electron chi connectivity index (χ4n) is 1.19. The Morgan fingerprint density at radius 2 is 2.38 bits per heavy atom. The molecule has 86 valence electrons. The minimum absolute atomic E-state index is 0.234. The summed E-state index contributed by atoms with van der Waals surface area (Å²) in [6.07, 6.45) is 3.51. The van der Waals surface area contributed by atoms with Gasteiger partial charge in [0.1, 0.15) is 5.82 Å². The van der Waals surface area contributed by atoms with E-state index in [1.54, 1.807) is 6.07 Å². The summed E-state index contributed by atoms with van der Waals surface area (Å²) in [7, 11) is 1.32. The van der Waals surface area contributed by atoms with Crippen molar-refractivity contribution in [1.29, 1.82) is 0 Å². The topological polar surface area (TPSA) is 38.3 Å². The molecule has 0 aliphatic heterocycles. The van der Waals surface area contributed by atoms with Crippen LogP contribution in [0.25, 0.3) is 0 Å². The lowest BCUT2D eigenvalue weighted by Gasteiger charge is -2.01. The molecular formula is C12H14FNO2. The molecule has 0 amide bonds. The smallest absolute Gasteiger partial charge is 0.331 e. The lowest BCUT2D eigenvalue weighted by molar-refractivity contribution is -0.134. The van der Waals surface area contributed by atoms with Gasteiger partial charge in [-0.25, -0.2) is 9.18 Å². The van der Waals surface area contributed by atoms with E-state index in [1.807, 2.05) is 6.07 Å². The van der Waals surface area contributed by atoms with E-state index >= 15 is 0 Å². The number of benzene rings is 1. The standard InChI is InChI=1S/C12H14FNO2/c1-16-12(15)6-8-14-7-5-10-3-2-4-11(13)9-10/h2-4,6,8-9,14H,5,7H2,1H3/b8-6+. The summed E-state index contributed by atoms with van der Waals surface area (Å²) >= 11 is 0. The number of hydrogen-bond acceptors (Lipinski definition) is 3. The quantitative estimate of drug-likeness (QED) is 0.468. The van der Waals surface area contributed by atoms with Crippen LogP contribution in [-0.4, -0.2) is 19.6 Å². The van der Waals surface area contributed by atoms with Crippen molar-refractivity contribution in [2.75, 3.05) is 13.7 Å². The fraction of sp³-hybridized carbons (Fsp3) is 0.250. The van der Waals surface area contributed by atoms with Crippen LogP contribution >= 0.6 is 0 Å². The number of carbonyl (C=O) groups is 1. The molecule has 3 nitrogen and oxygen atoms in total. The van der Waals surface area contributed by atoms with Crippen LogP contribution < -0.4 is 5.32 Å². The van der Waals surface area contributed by atoms with Crippen molar-refractivity contribution < 1.29 is 13.9 Å². The molecule has 16 heavy (non-hydrogen) atoms. The van der Waals surface area contributed by atoms with E-state index in [-0.39, 0.29) is 5.82 Å². The molecular weight excluding hydrogens is 209 g/mol. The third-order valence-corrected chi connectivity index (χ3v) is 1.99. The summed E-state index contributed by atoms with van der Waals surface area (Å²) in [5, 5.41) is 2.91. The van der Waals surface area contributed by atoms with Gasteiger partial charge in [0.2, 0.25) is 0 Å². The third kappa shape index (κ3) is 4.59. The summed E-state index contributed by atoms with van der Waals surface area (Å²) in [5.74, 6) is -0.638. The van der Waals surface area contributed by atoms with Crippen LogP contribution in [0.4, 0.5) is 4.39 Å². The van der Waals surface area contributed by atoms with E-state index in [4.69, 9.17) is 0 Å². The largest absolute Gasteiger partial charge is 0.466 e. The lowest BCUT2D eigenvalue weighted by atomic mass is 10.1. The second kappa shape index (κ2) is 6.61. The Morgan fingerprint density at radius 1 is 1.56 bits per heavy atom. The molecule has 0 aliphatic carbocycles. The van der Waals surface area contributed by atoms with Crippen LogP contribution in [0.15, 0.2) is 36.5 Å². The van der Waals surface area contributed by atoms with Crippen molar-refractivity contribution >= 4 is 5.97 Å². The number of esters is 1. The van der Waals surface area contributed by atoms with Gasteiger partial charge in [0.05, 0.1) is 7.11 Å². The van der Waals surface area contributed by atoms with E-state index < -0.39 is 5.97 Å². The summed E-state index contributed by atoms with van der Waals surface area (Å²) in [6, 6.07) is 6.43. The van der Waals surface area contributed by atoms with E-state index in [0.717, 1.165) is 5.56 Å². The highest BCUT2D eigenvalue weighted by Crippen LogP contribution is 2.03. The average molecular weight is 223 g/mol. The average Bonchev–Trinajstić information content (AvgIpc) is 2.28. The number of nitrogens with one attached hydrogen (secondary N) is 1. The molecule has 1 rings (SSSR count). The summed E-state index contributed by atoms with van der Waals surface area (Å²) in [4.78, 5) is 10.7. The second-order valence-electron chi connectivity index (χ2n) is 3.19. The van der Waals surface area contributed by atoms with Crippen LogP contribution in [0.1, 0.15) is 5.56 Å². The highest BCUT2D eigenvalue weighted by atomic mass is 19.1. The van der Waals surface area contributed by atoms with Crippen molar-refractivity contribution in [3.63, 3.8) is 0 Å². The Hall–Kier alpha value is -1.84. The van der Waals surface area contributed by atoms with Crippen molar-refractivity contribution in [3.05, 3.63) is 47.9 Å². The molecule has 0 spiro atoms. The third-order valence-electron chi connectivity index (χ3n) is 1.99. The van der Waals surface area contributed by atoms with Gasteiger partial charge in [-0.2, -0.15) is 0 Å². The molecule has 0 atom stereocenters. The van der Waals surface area contributed by atoms with E-state index in [9.17, 15) is 9.18 Å². The molecule has 1 aromatic rings. The second-order valence-corrected chi connectivity index (χ2v) is 3.19. The van der Waals surface area contributed by atoms with E-state index in [1.165, 1.54) is 31.5 Å². The molecule has 0 bridgehead atoms. The SMILES string of the molecule is COC(=O)/C=C/NCCc1cccc(F)c1. The highest BCUT2D eigenvalue weighted by Gasteiger charge is 1.94. The molecule has 0 heterocycles. The van der Waals surface area contributed by atoms with E-state index in [0.29, 0.717) is 13.0 Å². The molecule has 0 aromatic heterocycles. The number of methoxy groups -OCH3 is 1. The minimum atomic E-state index is -0.404. The van der Waals surface area contributed by atoms with Crippen molar-refractivity contribution in [2.45, 2.75) is 6.42 Å². The van der Waals surface area contributed by atoms with Crippen LogP contribution in [0.5, 0.6) is 0 Å². The highest BCUT2D eigenvalue weighted by molar-refractivity contribution is 5.81. The molecule has 4 heteroatoms. The minimum Gasteiger partial charge on any atom is -0.466 e. The van der Waals surface area contributed by atoms with Gasteiger partial charge in [0, 0.05) is 18.8 Å². The van der Waals surface area contributed by atoms with Gasteiger partial charge in [-0.05, 0) is 24.1 Å². The van der Waals surface area contributed by atoms with Gasteiger partial charge in [0.15, 0.2) is 0 Å². The van der Waals surface area contributed by atoms with Crippen LogP contribution in [-0.2, 0) is 16.0 Å². The van der Waals surface area contributed by atoms with Crippen molar-refractivity contribution in [3.8, 4) is 0 Å². The monoisotopic (exact) mass is 223 g/mol. The fourth-order valence-corrected chi connectivity index (χ4v) is 1.19. The zero-order valence-corrected chi connectivity index (χ0v) is 9.07. The van der Waals surface area contributed by atoms with Crippen molar-refractivity contribution in [2.24, 2.45) is 0 Å². The predicted octanol–water partition coefficient (Wildman–Crippen LogP) is 1.64. The number of ether oxygens (including phenoxy) is 1. The molecule has 1 N–H and O–H groups in total. The first-order valence-corrected chi connectivity index (χ1v) is 4.94. The Bertz CT molecular complexity index is 377. The van der Waals surface area contributed by atoms with Gasteiger partial charge >= 0.3 is 5.97 Å². The molecule has 0 saturated heterocycles. The van der Waals surface area contributed by atoms with Crippen molar-refractivity contribution in [1.82, 2.24) is 5.32 Å². The summed E-state index contributed by atoms with van der Waals surface area (Å²) < 4.78 is 17.2. The van der Waals surface area contributed by atoms with Crippen LogP contribution in [0.2, 0.25) is 0 Å². The number of halogens is 1. The van der Waals surface area contributed by atoms with Gasteiger partial charge in [0.25, 0.3) is 0 Å². The predicted molar refractivity (Wildman–Crippen MR) is 59.3 cm³/mol. The molecule has 0 aliphatic rings. The lowest BCUT2D eigenvalue weighted by Crippen LogP contribution is -2.10. The van der Waals surface area contributed by atoms with Crippen LogP contribution in [0.3, 0.4) is 0 Å². The Kier molecular flexibility index (Phi) is 5.05. The molecule has 0 radical (unpaired) electrons. The van der Waals surface area contributed by atoms with Crippen LogP contribution in [0, 0.1) is 5.82 Å². The Labute approximate surface area is 93.9 Å². The molecule has 0 unspecified atom stereocenters. The van der Waals surface area contributed by atoms with Gasteiger partial charge in [-0.3, -0.25) is 0 Å². The van der Waals surface area contributed by atoms with Gasteiger partial charge < -0.3 is 10.1 Å². The maximum absolute atomic E-state index is 12.8. The molecule has 1 aromatic carbocycles. The zero-order valence-electron chi connectivity index (χ0n) is 9.07. The normalized spacial score (nSPS) is 10.4.